The van der Waals surface area contributed by atoms with Gasteiger partial charge in [0.1, 0.15) is 0 Å². The van der Waals surface area contributed by atoms with Crippen molar-refractivity contribution in [2.45, 2.75) is 6.10 Å². The number of nitrogens with zero attached hydrogens (tertiary/aromatic N) is 2. The summed E-state index contributed by atoms with van der Waals surface area (Å²) in [5.74, 6) is -0.398. The maximum atomic E-state index is 10.8. The molecule has 0 amide bonds. The highest BCUT2D eigenvalue weighted by Crippen LogP contribution is 2.04. The first kappa shape index (κ1) is 10.5. The zero-order valence-electron chi connectivity index (χ0n) is 7.97. The minimum Gasteiger partial charge on any atom is -0.466 e. The molecule has 0 aromatic heterocycles. The Balaban J connectivity index is 2.42. The van der Waals surface area contributed by atoms with E-state index in [0.717, 1.165) is 0 Å². The van der Waals surface area contributed by atoms with Crippen molar-refractivity contribution >= 4 is 5.97 Å². The Morgan fingerprint density at radius 1 is 1.79 bits per heavy atom. The molecule has 0 aliphatic carbocycles. The van der Waals surface area contributed by atoms with E-state index < -0.39 is 12.1 Å². The molecule has 0 spiro atoms. The second kappa shape index (κ2) is 5.25. The van der Waals surface area contributed by atoms with E-state index >= 15 is 0 Å². The molecule has 5 nitrogen and oxygen atoms in total. The van der Waals surface area contributed by atoms with Gasteiger partial charge in [-0.25, -0.2) is 4.79 Å². The van der Waals surface area contributed by atoms with Crippen LogP contribution in [0, 0.1) is 11.3 Å². The molecular weight excluding hydrogens is 184 g/mol. The molecule has 76 valence electrons. The first-order chi connectivity index (χ1) is 6.76. The third-order valence-corrected chi connectivity index (χ3v) is 1.86. The van der Waals surface area contributed by atoms with Gasteiger partial charge in [0, 0.05) is 18.8 Å². The number of nitriles is 1. The number of hydrogen-bond acceptors (Lipinski definition) is 5. The highest BCUT2D eigenvalue weighted by atomic mass is 16.5. The molecule has 1 heterocycles. The van der Waals surface area contributed by atoms with E-state index in [1.165, 1.54) is 13.2 Å². The Morgan fingerprint density at radius 3 is 3.21 bits per heavy atom. The zero-order chi connectivity index (χ0) is 10.4. The summed E-state index contributed by atoms with van der Waals surface area (Å²) in [6.45, 7) is 1.68. The van der Waals surface area contributed by atoms with Crippen LogP contribution in [0.15, 0.2) is 12.3 Å². The lowest BCUT2D eigenvalue weighted by molar-refractivity contribution is -0.134. The number of rotatable bonds is 2. The van der Waals surface area contributed by atoms with Crippen molar-refractivity contribution in [3.05, 3.63) is 12.3 Å². The highest BCUT2D eigenvalue weighted by molar-refractivity contribution is 5.81. The second-order valence-corrected chi connectivity index (χ2v) is 2.82. The van der Waals surface area contributed by atoms with Gasteiger partial charge in [0.2, 0.25) is 0 Å². The summed E-state index contributed by atoms with van der Waals surface area (Å²) in [5, 5.41) is 8.61. The van der Waals surface area contributed by atoms with Gasteiger partial charge in [-0.1, -0.05) is 0 Å². The molecular formula is C9H12N2O3. The number of carbonyl (C=O) groups excluding carboxylic acids is 1. The summed E-state index contributed by atoms with van der Waals surface area (Å²) in [6.07, 6.45) is 2.55. The van der Waals surface area contributed by atoms with Crippen LogP contribution >= 0.6 is 0 Å². The van der Waals surface area contributed by atoms with E-state index in [1.54, 1.807) is 6.20 Å². The topological polar surface area (TPSA) is 62.6 Å². The quantitative estimate of drug-likeness (QED) is 0.456. The van der Waals surface area contributed by atoms with Gasteiger partial charge in [0.15, 0.2) is 6.10 Å². The van der Waals surface area contributed by atoms with Crippen molar-refractivity contribution in [2.75, 3.05) is 26.8 Å². The predicted molar refractivity (Wildman–Crippen MR) is 48.1 cm³/mol. The summed E-state index contributed by atoms with van der Waals surface area (Å²) in [7, 11) is 1.32. The van der Waals surface area contributed by atoms with Gasteiger partial charge >= 0.3 is 5.97 Å². The highest BCUT2D eigenvalue weighted by Gasteiger charge is 2.17. The lowest BCUT2D eigenvalue weighted by Crippen LogP contribution is -2.38. The second-order valence-electron chi connectivity index (χ2n) is 2.82. The predicted octanol–water partition coefficient (Wildman–Crippen LogP) is -0.103. The fraction of sp³-hybridized carbons (Fsp3) is 0.556. The van der Waals surface area contributed by atoms with Crippen LogP contribution in [0.3, 0.4) is 0 Å². The van der Waals surface area contributed by atoms with Crippen LogP contribution in [-0.4, -0.2) is 43.8 Å². The van der Waals surface area contributed by atoms with Gasteiger partial charge in [-0.15, -0.1) is 0 Å². The fourth-order valence-corrected chi connectivity index (χ4v) is 1.12. The van der Waals surface area contributed by atoms with Crippen LogP contribution in [0.25, 0.3) is 0 Å². The van der Waals surface area contributed by atoms with Gasteiger partial charge in [0.25, 0.3) is 0 Å². The summed E-state index contributed by atoms with van der Waals surface area (Å²) >= 11 is 0. The summed E-state index contributed by atoms with van der Waals surface area (Å²) in [5.41, 5.74) is 0. The lowest BCUT2D eigenvalue weighted by atomic mass is 10.3. The third-order valence-electron chi connectivity index (χ3n) is 1.86. The van der Waals surface area contributed by atoms with Crippen LogP contribution in [0.1, 0.15) is 0 Å². The lowest BCUT2D eigenvalue weighted by Gasteiger charge is -2.28. The van der Waals surface area contributed by atoms with Crippen molar-refractivity contribution < 1.29 is 14.3 Å². The largest absolute Gasteiger partial charge is 0.466 e. The van der Waals surface area contributed by atoms with Crippen LogP contribution < -0.4 is 0 Å². The van der Waals surface area contributed by atoms with Gasteiger partial charge in [0.05, 0.1) is 26.3 Å². The molecule has 1 unspecified atom stereocenters. The Morgan fingerprint density at radius 2 is 2.57 bits per heavy atom. The summed E-state index contributed by atoms with van der Waals surface area (Å²) in [6, 6.07) is 2.02. The van der Waals surface area contributed by atoms with Gasteiger partial charge in [-0.05, 0) is 0 Å². The SMILES string of the molecule is COC(=O)C=CN1CCOC(C#N)C1. The maximum Gasteiger partial charge on any atom is 0.331 e. The van der Waals surface area contributed by atoms with E-state index in [-0.39, 0.29) is 0 Å². The Labute approximate surface area is 82.5 Å². The van der Waals surface area contributed by atoms with Gasteiger partial charge < -0.3 is 14.4 Å². The van der Waals surface area contributed by atoms with E-state index in [1.807, 2.05) is 11.0 Å². The van der Waals surface area contributed by atoms with E-state index in [4.69, 9.17) is 10.00 Å². The number of hydrogen-bond donors (Lipinski definition) is 0. The number of esters is 1. The number of ether oxygens (including phenoxy) is 2. The van der Waals surface area contributed by atoms with Crippen LogP contribution in [0.2, 0.25) is 0 Å². The minimum absolute atomic E-state index is 0.398. The molecule has 5 heteroatoms. The molecule has 0 N–H and O–H groups in total. The average molecular weight is 196 g/mol. The molecule has 0 saturated carbocycles. The minimum atomic E-state index is -0.411. The standard InChI is InChI=1S/C9H12N2O3/c1-13-9(12)2-3-11-4-5-14-8(6-10)7-11/h2-3,8H,4-5,7H2,1H3. The molecule has 1 aliphatic heterocycles. The smallest absolute Gasteiger partial charge is 0.331 e. The van der Waals surface area contributed by atoms with Gasteiger partial charge in [-0.2, -0.15) is 5.26 Å². The summed E-state index contributed by atoms with van der Waals surface area (Å²) < 4.78 is 9.58. The van der Waals surface area contributed by atoms with Gasteiger partial charge in [-0.3, -0.25) is 0 Å². The van der Waals surface area contributed by atoms with E-state index in [9.17, 15) is 4.79 Å². The average Bonchev–Trinajstić information content (AvgIpc) is 2.26. The van der Waals surface area contributed by atoms with E-state index in [0.29, 0.717) is 19.7 Å². The molecule has 0 aromatic rings. The van der Waals surface area contributed by atoms with Crippen molar-refractivity contribution in [1.29, 1.82) is 5.26 Å². The Kier molecular flexibility index (Phi) is 3.95. The maximum absolute atomic E-state index is 10.8. The number of methoxy groups -OCH3 is 1. The first-order valence-corrected chi connectivity index (χ1v) is 4.27. The monoisotopic (exact) mass is 196 g/mol. The van der Waals surface area contributed by atoms with Crippen molar-refractivity contribution in [3.8, 4) is 6.07 Å². The molecule has 1 rings (SSSR count). The molecule has 14 heavy (non-hydrogen) atoms. The Bertz CT molecular complexity index is 270. The van der Waals surface area contributed by atoms with Crippen LogP contribution in [0.5, 0.6) is 0 Å². The number of carbonyl (C=O) groups is 1. The zero-order valence-corrected chi connectivity index (χ0v) is 7.97. The van der Waals surface area contributed by atoms with Crippen molar-refractivity contribution in [2.24, 2.45) is 0 Å². The van der Waals surface area contributed by atoms with E-state index in [2.05, 4.69) is 4.74 Å². The first-order valence-electron chi connectivity index (χ1n) is 4.27. The van der Waals surface area contributed by atoms with Crippen LogP contribution in [0.4, 0.5) is 0 Å². The van der Waals surface area contributed by atoms with Crippen molar-refractivity contribution in [1.82, 2.24) is 4.90 Å². The molecule has 0 aromatic carbocycles. The molecule has 0 radical (unpaired) electrons. The number of morpholine rings is 1. The molecule has 0 bridgehead atoms. The summed E-state index contributed by atoms with van der Waals surface area (Å²) in [4.78, 5) is 12.6. The molecule has 1 saturated heterocycles. The fourth-order valence-electron chi connectivity index (χ4n) is 1.12. The molecule has 1 aliphatic rings. The molecule has 1 atom stereocenters. The third kappa shape index (κ3) is 3.07. The van der Waals surface area contributed by atoms with Crippen molar-refractivity contribution in [3.63, 3.8) is 0 Å². The Hall–Kier alpha value is -1.54. The normalized spacial score (nSPS) is 22.0. The van der Waals surface area contributed by atoms with Crippen LogP contribution in [-0.2, 0) is 14.3 Å². The molecule has 1 fully saturated rings.